The molecule has 0 fully saturated rings. The molecule has 0 spiro atoms. The van der Waals surface area contributed by atoms with Gasteiger partial charge in [0, 0.05) is 22.7 Å². The third kappa shape index (κ3) is 5.04. The lowest BCUT2D eigenvalue weighted by Crippen LogP contribution is -2.37. The quantitative estimate of drug-likeness (QED) is 0.501. The molecule has 7 nitrogen and oxygen atoms in total. The summed E-state index contributed by atoms with van der Waals surface area (Å²) in [4.78, 5) is 25.3. The minimum atomic E-state index is -1.03. The Labute approximate surface area is 187 Å². The molecule has 1 atom stereocenters. The number of amides is 1. The lowest BCUT2D eigenvalue weighted by Gasteiger charge is -2.17. The van der Waals surface area contributed by atoms with Gasteiger partial charge in [0.1, 0.15) is 12.4 Å². The van der Waals surface area contributed by atoms with E-state index in [1.165, 1.54) is 28.8 Å². The van der Waals surface area contributed by atoms with E-state index in [1.807, 2.05) is 0 Å². The molecule has 0 aliphatic carbocycles. The summed E-state index contributed by atoms with van der Waals surface area (Å²) in [6, 6.07) is 9.98. The maximum absolute atomic E-state index is 14.3. The van der Waals surface area contributed by atoms with Crippen molar-refractivity contribution in [3.63, 3.8) is 0 Å². The monoisotopic (exact) mass is 464 g/mol. The molecule has 31 heavy (non-hydrogen) atoms. The van der Waals surface area contributed by atoms with Crippen molar-refractivity contribution in [2.24, 2.45) is 0 Å². The Morgan fingerprint density at radius 2 is 1.97 bits per heavy atom. The molecule has 10 heteroatoms. The van der Waals surface area contributed by atoms with Gasteiger partial charge in [-0.25, -0.2) is 13.9 Å². The number of allylic oxidation sites excluding steroid dienone is 1. The number of hydrogen-bond donors (Lipinski definition) is 2. The van der Waals surface area contributed by atoms with Crippen LogP contribution in [0.4, 0.5) is 4.39 Å². The molecule has 1 amide bonds. The fourth-order valence-electron chi connectivity index (χ4n) is 3.04. The van der Waals surface area contributed by atoms with Gasteiger partial charge in [-0.1, -0.05) is 41.4 Å². The summed E-state index contributed by atoms with van der Waals surface area (Å²) in [7, 11) is 0. The number of nitrogens with one attached hydrogen (secondary N) is 1. The highest BCUT2D eigenvalue weighted by molar-refractivity contribution is 6.31. The first-order valence-corrected chi connectivity index (χ1v) is 10.00. The van der Waals surface area contributed by atoms with E-state index < -0.39 is 36.6 Å². The van der Waals surface area contributed by atoms with Crippen LogP contribution in [0.25, 0.3) is 11.4 Å². The van der Waals surface area contributed by atoms with Crippen molar-refractivity contribution < 1.29 is 14.3 Å². The Morgan fingerprint density at radius 1 is 1.26 bits per heavy atom. The van der Waals surface area contributed by atoms with Crippen molar-refractivity contribution >= 4 is 29.1 Å². The topological polar surface area (TPSA) is 89.2 Å². The van der Waals surface area contributed by atoms with E-state index in [0.717, 1.165) is 4.68 Å². The lowest BCUT2D eigenvalue weighted by molar-refractivity contribution is -0.123. The van der Waals surface area contributed by atoms with Gasteiger partial charge in [0.05, 0.1) is 17.7 Å². The van der Waals surface area contributed by atoms with Crippen LogP contribution in [0, 0.1) is 5.82 Å². The van der Waals surface area contributed by atoms with Gasteiger partial charge in [-0.2, -0.15) is 0 Å². The predicted molar refractivity (Wildman–Crippen MR) is 117 cm³/mol. The number of aromatic nitrogens is 3. The Kier molecular flexibility index (Phi) is 7.27. The molecule has 0 saturated heterocycles. The molecule has 0 radical (unpaired) electrons. The Hall–Kier alpha value is -2.94. The molecular formula is C21H19Cl2FN4O3. The average Bonchev–Trinajstić information content (AvgIpc) is 3.05. The van der Waals surface area contributed by atoms with Crippen LogP contribution < -0.4 is 11.0 Å². The summed E-state index contributed by atoms with van der Waals surface area (Å²) in [5, 5.41) is 16.8. The molecule has 3 aromatic rings. The van der Waals surface area contributed by atoms with E-state index in [-0.39, 0.29) is 17.1 Å². The Bertz CT molecular complexity index is 1160. The van der Waals surface area contributed by atoms with Gasteiger partial charge in [0.25, 0.3) is 0 Å². The summed E-state index contributed by atoms with van der Waals surface area (Å²) in [5.41, 5.74) is 0.154. The number of rotatable bonds is 8. The van der Waals surface area contributed by atoms with E-state index in [0.29, 0.717) is 16.4 Å². The second-order valence-corrected chi connectivity index (χ2v) is 7.46. The first-order chi connectivity index (χ1) is 14.8. The number of hydrogen-bond acceptors (Lipinski definition) is 4. The molecule has 0 bridgehead atoms. The van der Waals surface area contributed by atoms with Crippen molar-refractivity contribution in [3.8, 4) is 11.4 Å². The number of carbonyl (C=O) groups is 1. The first-order valence-electron chi connectivity index (χ1n) is 9.24. The molecule has 0 aliphatic heterocycles. The highest BCUT2D eigenvalue weighted by Crippen LogP contribution is 2.23. The number of aliphatic hydroxyl groups excluding tert-OH is 1. The van der Waals surface area contributed by atoms with Crippen molar-refractivity contribution in [2.45, 2.75) is 19.1 Å². The minimum absolute atomic E-state index is 0.0368. The van der Waals surface area contributed by atoms with Crippen LogP contribution in [-0.2, 0) is 17.9 Å². The zero-order chi connectivity index (χ0) is 22.5. The number of carbonyl (C=O) groups excluding carboxylic acids is 1. The average molecular weight is 465 g/mol. The highest BCUT2D eigenvalue weighted by atomic mass is 35.5. The molecule has 162 valence electrons. The molecular weight excluding hydrogens is 446 g/mol. The second-order valence-electron chi connectivity index (χ2n) is 6.62. The van der Waals surface area contributed by atoms with Crippen LogP contribution in [0.1, 0.15) is 11.6 Å². The fraction of sp³-hybridized carbons (Fsp3) is 0.190. The van der Waals surface area contributed by atoms with E-state index in [9.17, 15) is 19.1 Å². The highest BCUT2D eigenvalue weighted by Gasteiger charge is 2.21. The predicted octanol–water partition coefficient (Wildman–Crippen LogP) is 3.19. The summed E-state index contributed by atoms with van der Waals surface area (Å²) >= 11 is 11.7. The van der Waals surface area contributed by atoms with E-state index in [4.69, 9.17) is 23.2 Å². The largest absolute Gasteiger partial charge is 0.394 e. The molecule has 3 rings (SSSR count). The molecule has 1 unspecified atom stereocenters. The van der Waals surface area contributed by atoms with Gasteiger partial charge >= 0.3 is 5.69 Å². The van der Waals surface area contributed by atoms with Gasteiger partial charge in [-0.15, -0.1) is 11.7 Å². The van der Waals surface area contributed by atoms with Crippen LogP contribution in [0.5, 0.6) is 0 Å². The Balaban J connectivity index is 1.86. The maximum Gasteiger partial charge on any atom is 0.346 e. The van der Waals surface area contributed by atoms with E-state index in [2.05, 4.69) is 17.0 Å². The van der Waals surface area contributed by atoms with Gasteiger partial charge in [0.2, 0.25) is 5.91 Å². The molecule has 1 heterocycles. The molecule has 1 aromatic heterocycles. The fourth-order valence-corrected chi connectivity index (χ4v) is 3.35. The summed E-state index contributed by atoms with van der Waals surface area (Å²) in [5.74, 6) is -1.03. The van der Waals surface area contributed by atoms with Gasteiger partial charge in [0.15, 0.2) is 5.82 Å². The van der Waals surface area contributed by atoms with Crippen molar-refractivity contribution in [3.05, 3.63) is 87.0 Å². The van der Waals surface area contributed by atoms with Crippen LogP contribution in [0.15, 0.2) is 59.9 Å². The number of aliphatic hydroxyl groups is 1. The van der Waals surface area contributed by atoms with Crippen molar-refractivity contribution in [2.75, 3.05) is 6.61 Å². The normalized spacial score (nSPS) is 11.9. The minimum Gasteiger partial charge on any atom is -0.394 e. The van der Waals surface area contributed by atoms with Crippen LogP contribution in [0.3, 0.4) is 0 Å². The zero-order valence-corrected chi connectivity index (χ0v) is 17.8. The molecule has 0 saturated carbocycles. The third-order valence-corrected chi connectivity index (χ3v) is 5.05. The van der Waals surface area contributed by atoms with Crippen molar-refractivity contribution in [1.82, 2.24) is 19.7 Å². The van der Waals surface area contributed by atoms with E-state index in [1.54, 1.807) is 24.3 Å². The summed E-state index contributed by atoms with van der Waals surface area (Å²) < 4.78 is 16.6. The van der Waals surface area contributed by atoms with Crippen molar-refractivity contribution in [1.29, 1.82) is 0 Å². The molecule has 0 aliphatic rings. The SMILES string of the molecule is C=CCn1c(-c2ccc(Cl)cc2)nn(CC(=O)NC(CO)c2cccc(Cl)c2F)c1=O. The van der Waals surface area contributed by atoms with Gasteiger partial charge in [-0.3, -0.25) is 9.36 Å². The second kappa shape index (κ2) is 9.91. The van der Waals surface area contributed by atoms with Crippen LogP contribution >= 0.6 is 23.2 Å². The third-order valence-electron chi connectivity index (χ3n) is 4.50. The summed E-state index contributed by atoms with van der Waals surface area (Å²) in [6.07, 6.45) is 1.54. The van der Waals surface area contributed by atoms with Gasteiger partial charge in [-0.05, 0) is 30.3 Å². The Morgan fingerprint density at radius 3 is 2.61 bits per heavy atom. The van der Waals surface area contributed by atoms with Gasteiger partial charge < -0.3 is 10.4 Å². The first kappa shape index (κ1) is 22.7. The number of halogens is 3. The number of nitrogens with zero attached hydrogens (tertiary/aromatic N) is 3. The molecule has 2 aromatic carbocycles. The smallest absolute Gasteiger partial charge is 0.346 e. The summed E-state index contributed by atoms with van der Waals surface area (Å²) in [6.45, 7) is 2.85. The van der Waals surface area contributed by atoms with Crippen LogP contribution in [-0.4, -0.2) is 32.0 Å². The lowest BCUT2D eigenvalue weighted by atomic mass is 10.1. The standard InChI is InChI=1S/C21H19Cl2FN4O3/c1-2-10-27-20(13-6-8-14(22)9-7-13)26-28(21(27)31)11-18(30)25-17(12-29)15-4-3-5-16(23)19(15)24/h2-9,17,29H,1,10-12H2,(H,25,30). The van der Waals surface area contributed by atoms with E-state index >= 15 is 0 Å². The zero-order valence-electron chi connectivity index (χ0n) is 16.3. The van der Waals surface area contributed by atoms with Crippen LogP contribution in [0.2, 0.25) is 10.0 Å². The maximum atomic E-state index is 14.3. The molecule has 2 N–H and O–H groups in total. The number of benzene rings is 2.